The van der Waals surface area contributed by atoms with Gasteiger partial charge in [0.15, 0.2) is 0 Å². The Labute approximate surface area is 87.1 Å². The number of nitrogens with zero attached hydrogens (tertiary/aromatic N) is 1. The van der Waals surface area contributed by atoms with Crippen molar-refractivity contribution in [3.8, 4) is 0 Å². The zero-order chi connectivity index (χ0) is 10.2. The highest BCUT2D eigenvalue weighted by Gasteiger charge is 2.15. The quantitative estimate of drug-likeness (QED) is 0.314. The van der Waals surface area contributed by atoms with Crippen molar-refractivity contribution in [2.24, 2.45) is 16.8 Å². The Morgan fingerprint density at radius 2 is 2.07 bits per heavy atom. The first-order chi connectivity index (χ1) is 6.86. The third-order valence-electron chi connectivity index (χ3n) is 2.90. The van der Waals surface area contributed by atoms with E-state index in [1.54, 1.807) is 0 Å². The Morgan fingerprint density at radius 1 is 1.36 bits per heavy atom. The minimum absolute atomic E-state index is 0.815. The van der Waals surface area contributed by atoms with Gasteiger partial charge < -0.3 is 5.43 Å². The van der Waals surface area contributed by atoms with Crippen molar-refractivity contribution in [2.45, 2.75) is 51.9 Å². The maximum absolute atomic E-state index is 5.45. The van der Waals surface area contributed by atoms with Gasteiger partial charge in [0.2, 0.25) is 0 Å². The smallest absolute Gasteiger partial charge is 0.111 e. The van der Waals surface area contributed by atoms with Crippen molar-refractivity contribution in [2.75, 3.05) is 6.54 Å². The molecule has 0 amide bonds. The van der Waals surface area contributed by atoms with Crippen molar-refractivity contribution in [1.82, 2.24) is 5.43 Å². The van der Waals surface area contributed by atoms with Crippen molar-refractivity contribution < 1.29 is 0 Å². The van der Waals surface area contributed by atoms with E-state index in [9.17, 15) is 0 Å². The van der Waals surface area contributed by atoms with Crippen LogP contribution >= 0.6 is 0 Å². The van der Waals surface area contributed by atoms with Crippen LogP contribution in [0.15, 0.2) is 4.99 Å². The number of hydrazine groups is 1. The fourth-order valence-corrected chi connectivity index (χ4v) is 2.08. The van der Waals surface area contributed by atoms with E-state index in [0.717, 1.165) is 31.1 Å². The van der Waals surface area contributed by atoms with Gasteiger partial charge in [-0.25, -0.2) is 5.84 Å². The average molecular weight is 197 g/mol. The molecule has 0 aromatic rings. The van der Waals surface area contributed by atoms with Crippen LogP contribution in [0.25, 0.3) is 0 Å². The van der Waals surface area contributed by atoms with Crippen molar-refractivity contribution in [3.63, 3.8) is 0 Å². The number of hydrogen-bond acceptors (Lipinski definition) is 2. The molecule has 0 bridgehead atoms. The van der Waals surface area contributed by atoms with Gasteiger partial charge in [-0.3, -0.25) is 4.99 Å². The van der Waals surface area contributed by atoms with E-state index in [2.05, 4.69) is 17.3 Å². The summed E-state index contributed by atoms with van der Waals surface area (Å²) in [5.74, 6) is 7.26. The predicted octanol–water partition coefficient (Wildman–Crippen LogP) is 2.23. The molecular formula is C11H23N3. The number of nitrogens with two attached hydrogens (primary N) is 1. The Morgan fingerprint density at radius 3 is 2.64 bits per heavy atom. The highest BCUT2D eigenvalue weighted by molar-refractivity contribution is 5.81. The van der Waals surface area contributed by atoms with Crippen molar-refractivity contribution in [1.29, 1.82) is 0 Å². The molecule has 0 radical (unpaired) electrons. The lowest BCUT2D eigenvalue weighted by molar-refractivity contribution is 0.366. The third kappa shape index (κ3) is 4.09. The summed E-state index contributed by atoms with van der Waals surface area (Å²) < 4.78 is 0. The zero-order valence-corrected chi connectivity index (χ0v) is 9.26. The van der Waals surface area contributed by atoms with Crippen LogP contribution in [0.2, 0.25) is 0 Å². The third-order valence-corrected chi connectivity index (χ3v) is 2.90. The second kappa shape index (κ2) is 6.82. The van der Waals surface area contributed by atoms with Crippen LogP contribution < -0.4 is 11.3 Å². The molecule has 0 aromatic carbocycles. The molecule has 0 heterocycles. The molecule has 14 heavy (non-hydrogen) atoms. The van der Waals surface area contributed by atoms with E-state index in [1.165, 1.54) is 32.1 Å². The molecule has 1 rings (SSSR count). The van der Waals surface area contributed by atoms with Crippen LogP contribution in [0.1, 0.15) is 51.9 Å². The SMILES string of the molecule is CCCN=C(CC1CCCCC1)NN. The van der Waals surface area contributed by atoms with Crippen molar-refractivity contribution in [3.05, 3.63) is 0 Å². The molecule has 3 nitrogen and oxygen atoms in total. The molecular weight excluding hydrogens is 174 g/mol. The standard InChI is InChI=1S/C11H23N3/c1-2-8-13-11(14-12)9-10-6-4-3-5-7-10/h10H,2-9,12H2,1H3,(H,13,14). The molecule has 3 N–H and O–H groups in total. The molecule has 3 heteroatoms. The van der Waals surface area contributed by atoms with E-state index in [4.69, 9.17) is 5.84 Å². The number of hydrogen-bond donors (Lipinski definition) is 2. The highest BCUT2D eigenvalue weighted by atomic mass is 15.2. The Bertz CT molecular complexity index is 171. The number of aliphatic imine (C=N–C) groups is 1. The molecule has 0 atom stereocenters. The van der Waals surface area contributed by atoms with Crippen LogP contribution in [0.4, 0.5) is 0 Å². The molecule has 0 saturated heterocycles. The maximum Gasteiger partial charge on any atom is 0.111 e. The Balaban J connectivity index is 2.30. The summed E-state index contributed by atoms with van der Waals surface area (Å²) in [6.45, 7) is 3.03. The molecule has 1 saturated carbocycles. The molecule has 1 aliphatic carbocycles. The molecule has 0 aromatic heterocycles. The first kappa shape index (κ1) is 11.5. The topological polar surface area (TPSA) is 50.4 Å². The number of nitrogens with one attached hydrogen (secondary N) is 1. The summed E-state index contributed by atoms with van der Waals surface area (Å²) in [6.07, 6.45) is 9.03. The molecule has 1 fully saturated rings. The average Bonchev–Trinajstić information content (AvgIpc) is 2.25. The van der Waals surface area contributed by atoms with Gasteiger partial charge in [-0.1, -0.05) is 39.0 Å². The van der Waals surface area contributed by atoms with E-state index in [-0.39, 0.29) is 0 Å². The predicted molar refractivity (Wildman–Crippen MR) is 61.1 cm³/mol. The second-order valence-corrected chi connectivity index (χ2v) is 4.18. The lowest BCUT2D eigenvalue weighted by Gasteiger charge is -2.21. The molecule has 1 aliphatic rings. The monoisotopic (exact) mass is 197 g/mol. The summed E-state index contributed by atoms with van der Waals surface area (Å²) in [5.41, 5.74) is 2.73. The van der Waals surface area contributed by atoms with Gasteiger partial charge in [0.05, 0.1) is 0 Å². The van der Waals surface area contributed by atoms with Gasteiger partial charge >= 0.3 is 0 Å². The van der Waals surface area contributed by atoms with Crippen LogP contribution in [-0.2, 0) is 0 Å². The van der Waals surface area contributed by atoms with E-state index in [0.29, 0.717) is 0 Å². The first-order valence-corrected chi connectivity index (χ1v) is 5.86. The van der Waals surface area contributed by atoms with Gasteiger partial charge in [0.25, 0.3) is 0 Å². The van der Waals surface area contributed by atoms with Gasteiger partial charge in [0, 0.05) is 13.0 Å². The second-order valence-electron chi connectivity index (χ2n) is 4.18. The number of rotatable bonds is 4. The first-order valence-electron chi connectivity index (χ1n) is 5.86. The summed E-state index contributed by atoms with van der Waals surface area (Å²) in [5, 5.41) is 0. The molecule has 82 valence electrons. The minimum atomic E-state index is 0.815. The molecule has 0 aliphatic heterocycles. The van der Waals surface area contributed by atoms with E-state index >= 15 is 0 Å². The summed E-state index contributed by atoms with van der Waals surface area (Å²) in [6, 6.07) is 0. The van der Waals surface area contributed by atoms with Crippen LogP contribution in [0, 0.1) is 5.92 Å². The van der Waals surface area contributed by atoms with Crippen LogP contribution in [0.3, 0.4) is 0 Å². The fourth-order valence-electron chi connectivity index (χ4n) is 2.08. The molecule has 0 spiro atoms. The van der Waals surface area contributed by atoms with E-state index < -0.39 is 0 Å². The minimum Gasteiger partial charge on any atom is -0.312 e. The summed E-state index contributed by atoms with van der Waals surface area (Å²) in [4.78, 5) is 4.44. The largest absolute Gasteiger partial charge is 0.312 e. The summed E-state index contributed by atoms with van der Waals surface area (Å²) in [7, 11) is 0. The number of amidine groups is 1. The van der Waals surface area contributed by atoms with Gasteiger partial charge in [0.1, 0.15) is 5.84 Å². The molecule has 0 unspecified atom stereocenters. The van der Waals surface area contributed by atoms with Gasteiger partial charge in [-0.05, 0) is 12.3 Å². The highest BCUT2D eigenvalue weighted by Crippen LogP contribution is 2.26. The maximum atomic E-state index is 5.45. The lowest BCUT2D eigenvalue weighted by Crippen LogP contribution is -2.32. The zero-order valence-electron chi connectivity index (χ0n) is 9.26. The Hall–Kier alpha value is -0.570. The van der Waals surface area contributed by atoms with Gasteiger partial charge in [-0.15, -0.1) is 0 Å². The lowest BCUT2D eigenvalue weighted by atomic mass is 9.87. The van der Waals surface area contributed by atoms with Crippen LogP contribution in [0.5, 0.6) is 0 Å². The normalized spacial score (nSPS) is 19.7. The Kier molecular flexibility index (Phi) is 5.60. The van der Waals surface area contributed by atoms with Crippen LogP contribution in [-0.4, -0.2) is 12.4 Å². The van der Waals surface area contributed by atoms with Gasteiger partial charge in [-0.2, -0.15) is 0 Å². The van der Waals surface area contributed by atoms with Crippen molar-refractivity contribution >= 4 is 5.84 Å². The fraction of sp³-hybridized carbons (Fsp3) is 0.909. The summed E-state index contributed by atoms with van der Waals surface area (Å²) >= 11 is 0. The van der Waals surface area contributed by atoms with E-state index in [1.807, 2.05) is 0 Å².